The molecule has 0 spiro atoms. The number of nitrogens with zero attached hydrogens (tertiary/aromatic N) is 1. The number of hydrogen-bond acceptors (Lipinski definition) is 4. The van der Waals surface area contributed by atoms with Gasteiger partial charge in [-0.25, -0.2) is 4.79 Å². The molecule has 21 heavy (non-hydrogen) atoms. The number of aliphatic carboxylic acids is 1. The minimum absolute atomic E-state index is 0.0641. The molecule has 1 aliphatic heterocycles. The van der Waals surface area contributed by atoms with E-state index in [1.807, 2.05) is 13.8 Å². The average Bonchev–Trinajstić information content (AvgIpc) is 2.42. The molecular weight excluding hydrogens is 278 g/mol. The van der Waals surface area contributed by atoms with Crippen molar-refractivity contribution in [2.45, 2.75) is 38.8 Å². The fourth-order valence-electron chi connectivity index (χ4n) is 2.27. The van der Waals surface area contributed by atoms with Gasteiger partial charge >= 0.3 is 12.0 Å². The summed E-state index contributed by atoms with van der Waals surface area (Å²) >= 11 is 0. The van der Waals surface area contributed by atoms with Crippen LogP contribution in [0.4, 0.5) is 4.79 Å². The number of nitrogens with one attached hydrogen (secondary N) is 1. The molecule has 1 rings (SSSR count). The van der Waals surface area contributed by atoms with E-state index in [1.165, 1.54) is 4.90 Å². The van der Waals surface area contributed by atoms with Crippen LogP contribution in [0.15, 0.2) is 0 Å². The summed E-state index contributed by atoms with van der Waals surface area (Å²) in [5.74, 6) is -1.28. The molecule has 0 saturated carbocycles. The lowest BCUT2D eigenvalue weighted by molar-refractivity contribution is -0.149. The van der Waals surface area contributed by atoms with Crippen LogP contribution in [0.5, 0.6) is 0 Å². The number of carbonyl (C=O) groups excluding carboxylic acids is 2. The van der Waals surface area contributed by atoms with Crippen molar-refractivity contribution in [1.29, 1.82) is 0 Å². The molecular formula is C13H23N3O5. The number of carboxylic acids is 1. The maximum absolute atomic E-state index is 12.5. The second kappa shape index (κ2) is 7.82. The summed E-state index contributed by atoms with van der Waals surface area (Å²) < 4.78 is 5.33. The SMILES string of the molecule is CCC(C)C(NC(N)=O)C(=O)N1CCOC(CC(=O)O)C1. The van der Waals surface area contributed by atoms with E-state index in [2.05, 4.69) is 5.32 Å². The predicted octanol–water partition coefficient (Wildman–Crippen LogP) is -0.228. The number of carbonyl (C=O) groups is 3. The Bertz CT molecular complexity index is 401. The number of hydrogen-bond donors (Lipinski definition) is 3. The molecule has 1 fully saturated rings. The molecule has 3 atom stereocenters. The summed E-state index contributed by atoms with van der Waals surface area (Å²) in [4.78, 5) is 35.8. The molecule has 1 saturated heterocycles. The van der Waals surface area contributed by atoms with Crippen LogP contribution in [-0.4, -0.2) is 59.8 Å². The number of nitrogens with two attached hydrogens (primary N) is 1. The highest BCUT2D eigenvalue weighted by Crippen LogP contribution is 2.15. The lowest BCUT2D eigenvalue weighted by Crippen LogP contribution is -2.56. The number of primary amides is 1. The van der Waals surface area contributed by atoms with Crippen LogP contribution >= 0.6 is 0 Å². The van der Waals surface area contributed by atoms with Crippen molar-refractivity contribution >= 4 is 17.9 Å². The van der Waals surface area contributed by atoms with Crippen LogP contribution in [0.25, 0.3) is 0 Å². The molecule has 1 aliphatic rings. The molecule has 4 N–H and O–H groups in total. The van der Waals surface area contributed by atoms with E-state index in [0.717, 1.165) is 0 Å². The normalized spacial score (nSPS) is 21.4. The van der Waals surface area contributed by atoms with Gasteiger partial charge in [-0.1, -0.05) is 20.3 Å². The van der Waals surface area contributed by atoms with E-state index in [4.69, 9.17) is 15.6 Å². The first kappa shape index (κ1) is 17.2. The van der Waals surface area contributed by atoms with E-state index >= 15 is 0 Å². The lowest BCUT2D eigenvalue weighted by Gasteiger charge is -2.35. The molecule has 0 bridgehead atoms. The van der Waals surface area contributed by atoms with E-state index in [9.17, 15) is 14.4 Å². The Morgan fingerprint density at radius 1 is 1.48 bits per heavy atom. The zero-order valence-corrected chi connectivity index (χ0v) is 12.4. The maximum Gasteiger partial charge on any atom is 0.312 e. The molecule has 0 radical (unpaired) electrons. The maximum atomic E-state index is 12.5. The van der Waals surface area contributed by atoms with Crippen molar-refractivity contribution in [3.63, 3.8) is 0 Å². The Kier molecular flexibility index (Phi) is 6.41. The van der Waals surface area contributed by atoms with Gasteiger partial charge in [-0.15, -0.1) is 0 Å². The van der Waals surface area contributed by atoms with Gasteiger partial charge in [-0.3, -0.25) is 9.59 Å². The molecule has 0 aliphatic carbocycles. The lowest BCUT2D eigenvalue weighted by atomic mass is 9.97. The van der Waals surface area contributed by atoms with Gasteiger partial charge in [0.05, 0.1) is 19.1 Å². The summed E-state index contributed by atoms with van der Waals surface area (Å²) in [5.41, 5.74) is 5.12. The second-order valence-corrected chi connectivity index (χ2v) is 5.25. The monoisotopic (exact) mass is 301 g/mol. The quantitative estimate of drug-likeness (QED) is 0.625. The topological polar surface area (TPSA) is 122 Å². The van der Waals surface area contributed by atoms with E-state index in [-0.39, 0.29) is 31.4 Å². The Morgan fingerprint density at radius 2 is 2.14 bits per heavy atom. The van der Waals surface area contributed by atoms with Crippen molar-refractivity contribution < 1.29 is 24.2 Å². The molecule has 0 aromatic rings. The minimum Gasteiger partial charge on any atom is -0.481 e. The molecule has 3 unspecified atom stereocenters. The van der Waals surface area contributed by atoms with Crippen LogP contribution in [0.3, 0.4) is 0 Å². The van der Waals surface area contributed by atoms with Gasteiger partial charge in [0, 0.05) is 13.1 Å². The van der Waals surface area contributed by atoms with E-state index in [0.29, 0.717) is 13.0 Å². The van der Waals surface area contributed by atoms with Crippen LogP contribution < -0.4 is 11.1 Å². The van der Waals surface area contributed by atoms with Gasteiger partial charge in [-0.2, -0.15) is 0 Å². The number of carboxylic acid groups (broad SMARTS) is 1. The highest BCUT2D eigenvalue weighted by Gasteiger charge is 2.33. The van der Waals surface area contributed by atoms with Crippen LogP contribution in [-0.2, 0) is 14.3 Å². The third kappa shape index (κ3) is 5.22. The smallest absolute Gasteiger partial charge is 0.312 e. The highest BCUT2D eigenvalue weighted by atomic mass is 16.5. The molecule has 8 nitrogen and oxygen atoms in total. The zero-order chi connectivity index (χ0) is 16.0. The number of rotatable bonds is 6. The van der Waals surface area contributed by atoms with Crippen molar-refractivity contribution in [1.82, 2.24) is 10.2 Å². The van der Waals surface area contributed by atoms with Gasteiger partial charge in [0.1, 0.15) is 6.04 Å². The molecule has 3 amide bonds. The molecule has 1 heterocycles. The second-order valence-electron chi connectivity index (χ2n) is 5.25. The summed E-state index contributed by atoms with van der Waals surface area (Å²) in [7, 11) is 0. The third-order valence-electron chi connectivity index (χ3n) is 3.63. The first-order chi connectivity index (χ1) is 9.85. The predicted molar refractivity (Wildman–Crippen MR) is 74.5 cm³/mol. The number of morpholine rings is 1. The van der Waals surface area contributed by atoms with Gasteiger partial charge in [0.2, 0.25) is 5.91 Å². The largest absolute Gasteiger partial charge is 0.481 e. The van der Waals surface area contributed by atoms with Crippen molar-refractivity contribution in [3.05, 3.63) is 0 Å². The summed E-state index contributed by atoms with van der Waals surface area (Å²) in [5, 5.41) is 11.3. The standard InChI is InChI=1S/C13H23N3O5/c1-3-8(2)11(15-13(14)20)12(19)16-4-5-21-9(7-16)6-10(17)18/h8-9,11H,3-7H2,1-2H3,(H,17,18)(H3,14,15,20). The number of amides is 3. The summed E-state index contributed by atoms with van der Waals surface area (Å²) in [6.45, 7) is 4.64. The van der Waals surface area contributed by atoms with Crippen LogP contribution in [0.2, 0.25) is 0 Å². The van der Waals surface area contributed by atoms with Crippen molar-refractivity contribution in [2.75, 3.05) is 19.7 Å². The van der Waals surface area contributed by atoms with E-state index in [1.54, 1.807) is 0 Å². The Hall–Kier alpha value is -1.83. The number of ether oxygens (including phenoxy) is 1. The number of urea groups is 1. The minimum atomic E-state index is -0.969. The van der Waals surface area contributed by atoms with Crippen molar-refractivity contribution in [3.8, 4) is 0 Å². The first-order valence-corrected chi connectivity index (χ1v) is 7.03. The Morgan fingerprint density at radius 3 is 2.67 bits per heavy atom. The molecule has 120 valence electrons. The van der Waals surface area contributed by atoms with Gasteiger partial charge in [0.15, 0.2) is 0 Å². The van der Waals surface area contributed by atoms with Crippen LogP contribution in [0, 0.1) is 5.92 Å². The van der Waals surface area contributed by atoms with Gasteiger partial charge in [0.25, 0.3) is 0 Å². The Balaban J connectivity index is 2.73. The fraction of sp³-hybridized carbons (Fsp3) is 0.769. The average molecular weight is 301 g/mol. The zero-order valence-electron chi connectivity index (χ0n) is 12.4. The Labute approximate surface area is 123 Å². The summed E-state index contributed by atoms with van der Waals surface area (Å²) in [6.07, 6.45) is 0.0343. The highest BCUT2D eigenvalue weighted by molar-refractivity contribution is 5.87. The van der Waals surface area contributed by atoms with E-state index < -0.39 is 24.1 Å². The summed E-state index contributed by atoms with van der Waals surface area (Å²) in [6, 6.07) is -1.44. The van der Waals surface area contributed by atoms with Gasteiger partial charge in [-0.05, 0) is 5.92 Å². The van der Waals surface area contributed by atoms with Crippen LogP contribution in [0.1, 0.15) is 26.7 Å². The third-order valence-corrected chi connectivity index (χ3v) is 3.63. The molecule has 8 heteroatoms. The molecule has 0 aromatic heterocycles. The fourth-order valence-corrected chi connectivity index (χ4v) is 2.27. The van der Waals surface area contributed by atoms with Gasteiger partial charge < -0.3 is 25.8 Å². The molecule has 0 aromatic carbocycles. The van der Waals surface area contributed by atoms with Crippen molar-refractivity contribution in [2.24, 2.45) is 11.7 Å². The first-order valence-electron chi connectivity index (χ1n) is 7.03.